The van der Waals surface area contributed by atoms with Crippen LogP contribution in [0, 0.1) is 5.92 Å². The van der Waals surface area contributed by atoms with Crippen LogP contribution in [-0.4, -0.2) is 34.5 Å². The molecule has 0 saturated carbocycles. The second kappa shape index (κ2) is 7.65. The first-order valence-electron chi connectivity index (χ1n) is 5.68. The second-order valence-electron chi connectivity index (χ2n) is 4.20. The molecule has 0 radical (unpaired) electrons. The molecule has 17 heavy (non-hydrogen) atoms. The number of hydrogen-bond acceptors (Lipinski definition) is 2. The van der Waals surface area contributed by atoms with E-state index in [9.17, 15) is 9.59 Å². The van der Waals surface area contributed by atoms with Crippen molar-refractivity contribution < 1.29 is 14.7 Å². The average Bonchev–Trinajstić information content (AvgIpc) is 2.24. The lowest BCUT2D eigenvalue weighted by Crippen LogP contribution is -2.43. The van der Waals surface area contributed by atoms with Crippen LogP contribution in [0.3, 0.4) is 0 Å². The predicted molar refractivity (Wildman–Crippen MR) is 67.6 cm³/mol. The average molecular weight is 239 g/mol. The first-order valence-corrected chi connectivity index (χ1v) is 5.68. The van der Waals surface area contributed by atoms with Crippen LogP contribution >= 0.6 is 0 Å². The topological polar surface area (TPSA) is 57.6 Å². The molecule has 0 bridgehead atoms. The minimum atomic E-state index is -0.997. The van der Waals surface area contributed by atoms with Gasteiger partial charge in [-0.15, -0.1) is 13.2 Å². The molecule has 0 rings (SSSR count). The van der Waals surface area contributed by atoms with Gasteiger partial charge in [-0.25, -0.2) is 0 Å². The first kappa shape index (κ1) is 15.4. The molecule has 0 aromatic rings. The van der Waals surface area contributed by atoms with Crippen LogP contribution in [0.25, 0.3) is 0 Å². The zero-order valence-corrected chi connectivity index (χ0v) is 10.6. The summed E-state index contributed by atoms with van der Waals surface area (Å²) in [6.45, 7) is 10.6. The van der Waals surface area contributed by atoms with E-state index >= 15 is 0 Å². The highest BCUT2D eigenvalue weighted by Crippen LogP contribution is 2.15. The fraction of sp³-hybridized carbons (Fsp3) is 0.538. The number of amides is 1. The number of carbonyl (C=O) groups excluding carboxylic acids is 1. The molecule has 0 aliphatic heterocycles. The number of carboxylic acids is 1. The number of aliphatic carboxylic acids is 1. The largest absolute Gasteiger partial charge is 0.480 e. The molecule has 0 aliphatic rings. The fourth-order valence-corrected chi connectivity index (χ4v) is 1.60. The lowest BCUT2D eigenvalue weighted by atomic mass is 9.99. The number of carbonyl (C=O) groups is 2. The highest BCUT2D eigenvalue weighted by Gasteiger charge is 2.25. The number of carboxylic acid groups (broad SMARTS) is 1. The van der Waals surface area contributed by atoms with Gasteiger partial charge < -0.3 is 10.0 Å². The van der Waals surface area contributed by atoms with Crippen LogP contribution in [0.4, 0.5) is 0 Å². The summed E-state index contributed by atoms with van der Waals surface area (Å²) in [6.07, 6.45) is 4.41. The lowest BCUT2D eigenvalue weighted by molar-refractivity contribution is -0.147. The van der Waals surface area contributed by atoms with E-state index in [0.29, 0.717) is 12.8 Å². The number of rotatable bonds is 8. The predicted octanol–water partition coefficient (Wildman–Crippen LogP) is 2.08. The van der Waals surface area contributed by atoms with Gasteiger partial charge in [0.1, 0.15) is 6.54 Å². The zero-order chi connectivity index (χ0) is 13.4. The van der Waals surface area contributed by atoms with Gasteiger partial charge in [0.25, 0.3) is 0 Å². The molecule has 0 fully saturated rings. The molecule has 0 heterocycles. The highest BCUT2D eigenvalue weighted by molar-refractivity contribution is 5.83. The van der Waals surface area contributed by atoms with Gasteiger partial charge in [0.05, 0.1) is 0 Å². The molecule has 0 aromatic carbocycles. The van der Waals surface area contributed by atoms with E-state index in [1.165, 1.54) is 4.90 Å². The summed E-state index contributed by atoms with van der Waals surface area (Å²) in [6, 6.07) is -0.129. The molecule has 0 aromatic heterocycles. The van der Waals surface area contributed by atoms with Crippen molar-refractivity contribution in [1.82, 2.24) is 4.90 Å². The number of nitrogens with zero attached hydrogens (tertiary/aromatic N) is 1. The highest BCUT2D eigenvalue weighted by atomic mass is 16.4. The van der Waals surface area contributed by atoms with E-state index in [-0.39, 0.29) is 24.4 Å². The summed E-state index contributed by atoms with van der Waals surface area (Å²) in [7, 11) is 0. The van der Waals surface area contributed by atoms with Crippen LogP contribution in [0.15, 0.2) is 25.3 Å². The summed E-state index contributed by atoms with van der Waals surface area (Å²) in [4.78, 5) is 24.3. The molecule has 0 unspecified atom stereocenters. The van der Waals surface area contributed by atoms with Gasteiger partial charge in [-0.3, -0.25) is 9.59 Å². The van der Waals surface area contributed by atoms with E-state index in [1.807, 2.05) is 0 Å². The van der Waals surface area contributed by atoms with Crippen LogP contribution in [0.2, 0.25) is 0 Å². The van der Waals surface area contributed by atoms with Gasteiger partial charge in [-0.1, -0.05) is 12.2 Å². The monoisotopic (exact) mass is 239 g/mol. The summed E-state index contributed by atoms with van der Waals surface area (Å²) >= 11 is 0. The summed E-state index contributed by atoms with van der Waals surface area (Å²) in [5.74, 6) is -1.41. The summed E-state index contributed by atoms with van der Waals surface area (Å²) in [5.41, 5.74) is 0. The van der Waals surface area contributed by atoms with Crippen molar-refractivity contribution >= 4 is 11.9 Å². The minimum absolute atomic E-state index is 0.129. The van der Waals surface area contributed by atoms with Crippen molar-refractivity contribution in [2.24, 2.45) is 5.92 Å². The molecule has 0 atom stereocenters. The standard InChI is InChI=1S/C13H21NO3/c1-5-7-11(8-6-2)13(17)14(10(3)4)9-12(15)16/h5-6,10-11H,1-2,7-9H2,3-4H3,(H,15,16). The van der Waals surface area contributed by atoms with Crippen LogP contribution in [0.5, 0.6) is 0 Å². The summed E-state index contributed by atoms with van der Waals surface area (Å²) < 4.78 is 0. The normalized spacial score (nSPS) is 10.4. The first-order chi connectivity index (χ1) is 7.93. The second-order valence-corrected chi connectivity index (χ2v) is 4.20. The minimum Gasteiger partial charge on any atom is -0.480 e. The van der Waals surface area contributed by atoms with E-state index < -0.39 is 5.97 Å². The van der Waals surface area contributed by atoms with Crippen LogP contribution in [0.1, 0.15) is 26.7 Å². The Hall–Kier alpha value is -1.58. The number of hydrogen-bond donors (Lipinski definition) is 1. The van der Waals surface area contributed by atoms with Crippen molar-refractivity contribution in [2.45, 2.75) is 32.7 Å². The number of allylic oxidation sites excluding steroid dienone is 2. The molecule has 4 nitrogen and oxygen atoms in total. The third-order valence-corrected chi connectivity index (χ3v) is 2.46. The van der Waals surface area contributed by atoms with E-state index in [1.54, 1.807) is 26.0 Å². The Morgan fingerprint density at radius 3 is 2.00 bits per heavy atom. The Morgan fingerprint density at radius 1 is 1.24 bits per heavy atom. The summed E-state index contributed by atoms with van der Waals surface area (Å²) in [5, 5.41) is 8.79. The molecule has 0 saturated heterocycles. The SMILES string of the molecule is C=CCC(CC=C)C(=O)N(CC(=O)O)C(C)C. The van der Waals surface area contributed by atoms with Crippen LogP contribution in [-0.2, 0) is 9.59 Å². The van der Waals surface area contributed by atoms with Crippen molar-refractivity contribution in [1.29, 1.82) is 0 Å². The third-order valence-electron chi connectivity index (χ3n) is 2.46. The molecule has 0 spiro atoms. The van der Waals surface area contributed by atoms with Gasteiger partial charge in [0, 0.05) is 12.0 Å². The molecular formula is C13H21NO3. The molecule has 4 heteroatoms. The molecule has 1 amide bonds. The zero-order valence-electron chi connectivity index (χ0n) is 10.6. The molecule has 0 aliphatic carbocycles. The van der Waals surface area contributed by atoms with Crippen molar-refractivity contribution in [3.8, 4) is 0 Å². The fourth-order valence-electron chi connectivity index (χ4n) is 1.60. The Bertz CT molecular complexity index is 287. The molecular weight excluding hydrogens is 218 g/mol. The van der Waals surface area contributed by atoms with Crippen molar-refractivity contribution in [3.05, 3.63) is 25.3 Å². The van der Waals surface area contributed by atoms with Crippen LogP contribution < -0.4 is 0 Å². The molecule has 96 valence electrons. The van der Waals surface area contributed by atoms with Gasteiger partial charge >= 0.3 is 5.97 Å². The quantitative estimate of drug-likeness (QED) is 0.660. The smallest absolute Gasteiger partial charge is 0.323 e. The van der Waals surface area contributed by atoms with Crippen molar-refractivity contribution in [3.63, 3.8) is 0 Å². The van der Waals surface area contributed by atoms with Gasteiger partial charge in [0.2, 0.25) is 5.91 Å². The van der Waals surface area contributed by atoms with E-state index in [2.05, 4.69) is 13.2 Å². The van der Waals surface area contributed by atoms with Gasteiger partial charge in [-0.2, -0.15) is 0 Å². The van der Waals surface area contributed by atoms with E-state index in [4.69, 9.17) is 5.11 Å². The maximum Gasteiger partial charge on any atom is 0.323 e. The third kappa shape index (κ3) is 5.33. The Kier molecular flexibility index (Phi) is 6.94. The maximum atomic E-state index is 12.2. The Balaban J connectivity index is 4.81. The van der Waals surface area contributed by atoms with Gasteiger partial charge in [0.15, 0.2) is 0 Å². The Labute approximate surface area is 103 Å². The maximum absolute atomic E-state index is 12.2. The lowest BCUT2D eigenvalue weighted by Gasteiger charge is -2.28. The van der Waals surface area contributed by atoms with Crippen molar-refractivity contribution in [2.75, 3.05) is 6.54 Å². The Morgan fingerprint density at radius 2 is 1.71 bits per heavy atom. The van der Waals surface area contributed by atoms with E-state index in [0.717, 1.165) is 0 Å². The van der Waals surface area contributed by atoms with Gasteiger partial charge in [-0.05, 0) is 26.7 Å². The molecule has 1 N–H and O–H groups in total.